The smallest absolute Gasteiger partial charge is 0.123 e. The van der Waals surface area contributed by atoms with E-state index in [0.29, 0.717) is 10.7 Å². The van der Waals surface area contributed by atoms with Crippen LogP contribution in [0.2, 0.25) is 5.02 Å². The summed E-state index contributed by atoms with van der Waals surface area (Å²) in [5, 5.41) is 15.7. The Labute approximate surface area is 178 Å². The first-order chi connectivity index (χ1) is 13.7. The van der Waals surface area contributed by atoms with E-state index >= 15 is 0 Å². The van der Waals surface area contributed by atoms with Crippen molar-refractivity contribution in [2.45, 2.75) is 26.4 Å². The van der Waals surface area contributed by atoms with E-state index < -0.39 is 5.60 Å². The number of aromatic nitrogens is 2. The summed E-state index contributed by atoms with van der Waals surface area (Å²) < 4.78 is 15.5. The van der Waals surface area contributed by atoms with Crippen LogP contribution in [0.25, 0.3) is 26.7 Å². The van der Waals surface area contributed by atoms with Crippen molar-refractivity contribution in [1.29, 1.82) is 0 Å². The summed E-state index contributed by atoms with van der Waals surface area (Å²) in [5.41, 5.74) is 2.88. The zero-order valence-electron chi connectivity index (χ0n) is 16.3. The molecular weight excluding hydrogens is 407 g/mol. The van der Waals surface area contributed by atoms with E-state index in [-0.39, 0.29) is 5.82 Å². The van der Waals surface area contributed by atoms with Gasteiger partial charge < -0.3 is 5.11 Å². The van der Waals surface area contributed by atoms with Crippen molar-refractivity contribution in [2.24, 2.45) is 0 Å². The summed E-state index contributed by atoms with van der Waals surface area (Å²) in [5.74, 6) is -0.258. The maximum absolute atomic E-state index is 13.8. The maximum Gasteiger partial charge on any atom is 0.123 e. The minimum Gasteiger partial charge on any atom is -0.384 e. The largest absolute Gasteiger partial charge is 0.384 e. The molecule has 1 N–H and O–H groups in total. The van der Waals surface area contributed by atoms with Gasteiger partial charge in [0.05, 0.1) is 27.0 Å². The van der Waals surface area contributed by atoms with Crippen molar-refractivity contribution in [3.8, 4) is 26.7 Å². The molecule has 148 valence electrons. The van der Waals surface area contributed by atoms with Gasteiger partial charge in [0.1, 0.15) is 11.4 Å². The van der Waals surface area contributed by atoms with Crippen molar-refractivity contribution in [1.82, 2.24) is 9.78 Å². The molecule has 0 radical (unpaired) electrons. The first kappa shape index (κ1) is 19.8. The van der Waals surface area contributed by atoms with Crippen molar-refractivity contribution in [3.05, 3.63) is 82.8 Å². The minimum atomic E-state index is -1.10. The average molecular weight is 427 g/mol. The third kappa shape index (κ3) is 3.86. The normalized spacial score (nSPS) is 11.8. The Kier molecular flexibility index (Phi) is 5.07. The molecule has 0 bridgehead atoms. The number of nitrogens with zero attached hydrogens (tertiary/aromatic N) is 2. The molecule has 0 aliphatic heterocycles. The highest BCUT2D eigenvalue weighted by Crippen LogP contribution is 2.38. The van der Waals surface area contributed by atoms with Crippen LogP contribution in [0.15, 0.2) is 60.7 Å². The van der Waals surface area contributed by atoms with Gasteiger partial charge in [-0.3, -0.25) is 0 Å². The van der Waals surface area contributed by atoms with Crippen molar-refractivity contribution in [2.75, 3.05) is 0 Å². The van der Waals surface area contributed by atoms with Crippen LogP contribution in [0.1, 0.15) is 25.1 Å². The maximum atomic E-state index is 13.8. The number of aliphatic hydroxyl groups is 1. The number of hydrogen-bond donors (Lipinski definition) is 1. The number of aryl methyl sites for hydroxylation is 1. The van der Waals surface area contributed by atoms with Crippen molar-refractivity contribution >= 4 is 22.9 Å². The van der Waals surface area contributed by atoms with E-state index in [1.807, 2.05) is 49.4 Å². The molecule has 0 aliphatic rings. The van der Waals surface area contributed by atoms with Gasteiger partial charge in [0.2, 0.25) is 0 Å². The van der Waals surface area contributed by atoms with E-state index in [2.05, 4.69) is 5.10 Å². The summed E-state index contributed by atoms with van der Waals surface area (Å²) in [6.07, 6.45) is 0. The van der Waals surface area contributed by atoms with Crippen LogP contribution in [0.5, 0.6) is 0 Å². The quantitative estimate of drug-likeness (QED) is 0.399. The van der Waals surface area contributed by atoms with Crippen LogP contribution in [-0.2, 0) is 5.60 Å². The SMILES string of the molecule is Cc1ccc(F)cc1-c1ccc(-c2cc(C(C)(C)O)nn2-c2ccccc2Cl)s1. The topological polar surface area (TPSA) is 38.1 Å². The van der Waals surface area contributed by atoms with Gasteiger partial charge >= 0.3 is 0 Å². The Balaban J connectivity index is 1.87. The van der Waals surface area contributed by atoms with Crippen LogP contribution in [0.4, 0.5) is 4.39 Å². The molecule has 0 amide bonds. The van der Waals surface area contributed by atoms with Crippen LogP contribution in [-0.4, -0.2) is 14.9 Å². The molecule has 29 heavy (non-hydrogen) atoms. The summed E-state index contributed by atoms with van der Waals surface area (Å²) in [4.78, 5) is 1.92. The van der Waals surface area contributed by atoms with Crippen molar-refractivity contribution in [3.63, 3.8) is 0 Å². The van der Waals surface area contributed by atoms with E-state index in [4.69, 9.17) is 11.6 Å². The molecule has 0 atom stereocenters. The minimum absolute atomic E-state index is 0.258. The Bertz CT molecular complexity index is 1190. The second-order valence-corrected chi connectivity index (χ2v) is 8.95. The Hall–Kier alpha value is -2.47. The molecule has 6 heteroatoms. The number of hydrogen-bond acceptors (Lipinski definition) is 3. The Morgan fingerprint density at radius 2 is 1.76 bits per heavy atom. The number of thiophene rings is 1. The van der Waals surface area contributed by atoms with Gasteiger partial charge in [0.25, 0.3) is 0 Å². The molecular formula is C23H20ClFN2OS. The highest BCUT2D eigenvalue weighted by Gasteiger charge is 2.24. The molecule has 0 unspecified atom stereocenters. The van der Waals surface area contributed by atoms with Gasteiger partial charge in [-0.2, -0.15) is 5.10 Å². The summed E-state index contributed by atoms with van der Waals surface area (Å²) >= 11 is 7.97. The molecule has 0 spiro atoms. The highest BCUT2D eigenvalue weighted by atomic mass is 35.5. The second kappa shape index (κ2) is 7.41. The van der Waals surface area contributed by atoms with Gasteiger partial charge in [0, 0.05) is 4.88 Å². The third-order valence-electron chi connectivity index (χ3n) is 4.74. The van der Waals surface area contributed by atoms with Crippen LogP contribution >= 0.6 is 22.9 Å². The van der Waals surface area contributed by atoms with Gasteiger partial charge in [-0.05, 0) is 74.4 Å². The Morgan fingerprint density at radius 3 is 2.48 bits per heavy atom. The zero-order chi connectivity index (χ0) is 20.8. The van der Waals surface area contributed by atoms with E-state index in [9.17, 15) is 9.50 Å². The highest BCUT2D eigenvalue weighted by molar-refractivity contribution is 7.18. The van der Waals surface area contributed by atoms with E-state index in [1.165, 1.54) is 6.07 Å². The number of halogens is 2. The zero-order valence-corrected chi connectivity index (χ0v) is 17.9. The molecule has 0 aliphatic carbocycles. The molecule has 2 heterocycles. The molecule has 2 aromatic heterocycles. The average Bonchev–Trinajstić information content (AvgIpc) is 3.30. The standard InChI is InChI=1S/C23H20ClFN2OS/c1-14-8-9-15(25)12-16(14)20-10-11-21(29-20)19-13-22(23(2,3)28)26-27(19)18-7-5-4-6-17(18)24/h4-13,28H,1-3H3. The molecule has 0 saturated heterocycles. The lowest BCUT2D eigenvalue weighted by Gasteiger charge is -2.13. The lowest BCUT2D eigenvalue weighted by atomic mass is 10.1. The fourth-order valence-electron chi connectivity index (χ4n) is 3.14. The van der Waals surface area contributed by atoms with Gasteiger partial charge in [-0.15, -0.1) is 11.3 Å². The molecule has 2 aromatic carbocycles. The predicted molar refractivity (Wildman–Crippen MR) is 117 cm³/mol. The summed E-state index contributed by atoms with van der Waals surface area (Å²) in [7, 11) is 0. The molecule has 0 fully saturated rings. The van der Waals surface area contributed by atoms with Crippen LogP contribution < -0.4 is 0 Å². The summed E-state index contributed by atoms with van der Waals surface area (Å²) in [6.45, 7) is 5.37. The molecule has 0 saturated carbocycles. The van der Waals surface area contributed by atoms with Gasteiger partial charge in [-0.1, -0.05) is 29.8 Å². The third-order valence-corrected chi connectivity index (χ3v) is 6.20. The van der Waals surface area contributed by atoms with Crippen LogP contribution in [0.3, 0.4) is 0 Å². The van der Waals surface area contributed by atoms with Gasteiger partial charge in [0.15, 0.2) is 0 Å². The van der Waals surface area contributed by atoms with Crippen LogP contribution in [0, 0.1) is 12.7 Å². The molecule has 4 rings (SSSR count). The second-order valence-electron chi connectivity index (χ2n) is 7.46. The number of rotatable bonds is 4. The summed E-state index contributed by atoms with van der Waals surface area (Å²) in [6, 6.07) is 18.1. The van der Waals surface area contributed by atoms with Crippen molar-refractivity contribution < 1.29 is 9.50 Å². The lowest BCUT2D eigenvalue weighted by Crippen LogP contribution is -2.16. The van der Waals surface area contributed by atoms with E-state index in [0.717, 1.165) is 32.3 Å². The first-order valence-corrected chi connectivity index (χ1v) is 10.4. The van der Waals surface area contributed by atoms with Gasteiger partial charge in [-0.25, -0.2) is 9.07 Å². The molecule has 4 aromatic rings. The van der Waals surface area contributed by atoms with E-state index in [1.54, 1.807) is 42.0 Å². The number of para-hydroxylation sites is 1. The lowest BCUT2D eigenvalue weighted by molar-refractivity contribution is 0.0734. The predicted octanol–water partition coefficient (Wildman–Crippen LogP) is 6.60. The fraction of sp³-hybridized carbons (Fsp3) is 0.174. The number of benzene rings is 2. The molecule has 3 nitrogen and oxygen atoms in total. The first-order valence-electron chi connectivity index (χ1n) is 9.18. The monoisotopic (exact) mass is 426 g/mol. The Morgan fingerprint density at radius 1 is 1.03 bits per heavy atom. The fourth-order valence-corrected chi connectivity index (χ4v) is 4.45.